The molecule has 0 unspecified atom stereocenters. The zero-order valence-corrected chi connectivity index (χ0v) is 18.2. The summed E-state index contributed by atoms with van der Waals surface area (Å²) in [6.45, 7) is 4.04. The van der Waals surface area contributed by atoms with Gasteiger partial charge in [0, 0.05) is 17.3 Å². The third-order valence-electron chi connectivity index (χ3n) is 5.36. The van der Waals surface area contributed by atoms with Gasteiger partial charge in [-0.05, 0) is 43.2 Å². The molecule has 1 aliphatic heterocycles. The zero-order chi connectivity index (χ0) is 22.2. The van der Waals surface area contributed by atoms with Crippen molar-refractivity contribution in [2.24, 2.45) is 0 Å². The molecular formula is C21H22N4O5S. The molecule has 0 amide bonds. The van der Waals surface area contributed by atoms with Gasteiger partial charge in [-0.15, -0.1) is 0 Å². The average molecular weight is 442 g/mol. The second-order valence-corrected chi connectivity index (χ2v) is 9.28. The summed E-state index contributed by atoms with van der Waals surface area (Å²) in [5.74, 6) is 1.25. The molecule has 0 saturated carbocycles. The number of nitrogens with one attached hydrogen (secondary N) is 1. The Bertz CT molecular complexity index is 1250. The van der Waals surface area contributed by atoms with Crippen molar-refractivity contribution in [1.82, 2.24) is 15.1 Å². The summed E-state index contributed by atoms with van der Waals surface area (Å²) in [6, 6.07) is 8.38. The van der Waals surface area contributed by atoms with E-state index in [0.29, 0.717) is 28.9 Å². The quantitative estimate of drug-likeness (QED) is 0.613. The van der Waals surface area contributed by atoms with Crippen LogP contribution in [0, 0.1) is 0 Å². The lowest BCUT2D eigenvalue weighted by molar-refractivity contribution is 0.0350. The molecule has 0 aliphatic carbocycles. The summed E-state index contributed by atoms with van der Waals surface area (Å²) in [7, 11) is -3.46. The maximum atomic E-state index is 12.8. The van der Waals surface area contributed by atoms with Gasteiger partial charge in [0.25, 0.3) is 5.89 Å². The van der Waals surface area contributed by atoms with E-state index in [0.717, 1.165) is 19.1 Å². The second kappa shape index (κ2) is 7.77. The lowest BCUT2D eigenvalue weighted by atomic mass is 9.85. The molecule has 162 valence electrons. The van der Waals surface area contributed by atoms with Crippen molar-refractivity contribution in [2.75, 3.05) is 11.0 Å². The fourth-order valence-electron chi connectivity index (χ4n) is 3.54. The summed E-state index contributed by atoms with van der Waals surface area (Å²) >= 11 is 0. The van der Waals surface area contributed by atoms with Crippen LogP contribution in [-0.4, -0.2) is 41.2 Å². The third-order valence-corrected chi connectivity index (χ3v) is 5.94. The molecule has 3 aromatic rings. The van der Waals surface area contributed by atoms with Gasteiger partial charge in [-0.3, -0.25) is 9.52 Å². The highest BCUT2D eigenvalue weighted by Crippen LogP contribution is 2.39. The van der Waals surface area contributed by atoms with Crippen LogP contribution < -0.4 is 9.46 Å². The van der Waals surface area contributed by atoms with Crippen molar-refractivity contribution in [1.29, 1.82) is 0 Å². The molecule has 9 nitrogen and oxygen atoms in total. The Kier molecular flexibility index (Phi) is 5.26. The van der Waals surface area contributed by atoms with Gasteiger partial charge in [0.1, 0.15) is 17.2 Å². The number of hydrogen-bond acceptors (Lipinski definition) is 8. The molecule has 2 aromatic heterocycles. The average Bonchev–Trinajstić information content (AvgIpc) is 3.23. The minimum absolute atomic E-state index is 0.0252. The van der Waals surface area contributed by atoms with Crippen LogP contribution in [0.3, 0.4) is 0 Å². The largest absolute Gasteiger partial charge is 0.486 e. The molecule has 0 atom stereocenters. The van der Waals surface area contributed by atoms with Gasteiger partial charge in [-0.25, -0.2) is 13.4 Å². The summed E-state index contributed by atoms with van der Waals surface area (Å²) in [4.78, 5) is 21.1. The first-order valence-corrected chi connectivity index (χ1v) is 11.8. The number of sulfonamides is 1. The van der Waals surface area contributed by atoms with Crippen LogP contribution in [0.25, 0.3) is 22.8 Å². The highest BCUT2D eigenvalue weighted by molar-refractivity contribution is 7.92. The molecule has 0 spiro atoms. The van der Waals surface area contributed by atoms with Gasteiger partial charge >= 0.3 is 0 Å². The first-order valence-electron chi connectivity index (χ1n) is 9.86. The fourth-order valence-corrected chi connectivity index (χ4v) is 4.04. The maximum absolute atomic E-state index is 12.8. The Balaban J connectivity index is 1.63. The van der Waals surface area contributed by atoms with E-state index in [9.17, 15) is 13.2 Å². The van der Waals surface area contributed by atoms with Crippen molar-refractivity contribution in [3.63, 3.8) is 0 Å². The molecule has 0 saturated heterocycles. The minimum Gasteiger partial charge on any atom is -0.486 e. The van der Waals surface area contributed by atoms with E-state index in [1.165, 1.54) is 12.3 Å². The van der Waals surface area contributed by atoms with E-state index >= 15 is 0 Å². The van der Waals surface area contributed by atoms with E-state index in [1.54, 1.807) is 24.3 Å². The van der Waals surface area contributed by atoms with Crippen LogP contribution in [0.1, 0.15) is 43.5 Å². The van der Waals surface area contributed by atoms with Crippen LogP contribution in [0.15, 0.2) is 41.1 Å². The molecule has 4 rings (SSSR count). The third kappa shape index (κ3) is 4.29. The van der Waals surface area contributed by atoms with Crippen molar-refractivity contribution in [2.45, 2.75) is 38.7 Å². The van der Waals surface area contributed by atoms with Gasteiger partial charge in [0.15, 0.2) is 5.78 Å². The molecule has 31 heavy (non-hydrogen) atoms. The van der Waals surface area contributed by atoms with E-state index in [4.69, 9.17) is 9.26 Å². The molecule has 3 heterocycles. The number of fused-ring (bicyclic) bond motifs is 1. The summed E-state index contributed by atoms with van der Waals surface area (Å²) in [5, 5.41) is 3.97. The molecule has 0 bridgehead atoms. The Morgan fingerprint density at radius 2 is 1.90 bits per heavy atom. The van der Waals surface area contributed by atoms with Crippen LogP contribution in [0.2, 0.25) is 0 Å². The smallest absolute Gasteiger partial charge is 0.258 e. The number of Topliss-reactive ketones (excluding diaryl/α,β-unsaturated/α-hetero) is 1. The zero-order valence-electron chi connectivity index (χ0n) is 17.4. The van der Waals surface area contributed by atoms with Gasteiger partial charge in [0.05, 0.1) is 18.2 Å². The first kappa shape index (κ1) is 21.0. The number of rotatable bonds is 6. The lowest BCUT2D eigenvalue weighted by Gasteiger charge is -2.36. The number of ether oxygens (including phenoxy) is 1. The Labute approximate surface area is 179 Å². The number of hydrogen-bond donors (Lipinski definition) is 1. The Morgan fingerprint density at radius 3 is 2.61 bits per heavy atom. The minimum atomic E-state index is -3.46. The van der Waals surface area contributed by atoms with Crippen LogP contribution in [0.5, 0.6) is 5.75 Å². The number of carbonyl (C=O) groups excluding carboxylic acids is 1. The van der Waals surface area contributed by atoms with Gasteiger partial charge in [0.2, 0.25) is 15.8 Å². The van der Waals surface area contributed by atoms with Gasteiger partial charge < -0.3 is 9.26 Å². The number of carbonyl (C=O) groups is 1. The molecule has 10 heteroatoms. The van der Waals surface area contributed by atoms with E-state index in [1.807, 2.05) is 13.8 Å². The summed E-state index contributed by atoms with van der Waals surface area (Å²) in [6.07, 6.45) is 4.33. The molecule has 1 aliphatic rings. The second-order valence-electron chi connectivity index (χ2n) is 7.53. The summed E-state index contributed by atoms with van der Waals surface area (Å²) < 4.78 is 36.7. The number of anilines is 1. The lowest BCUT2D eigenvalue weighted by Crippen LogP contribution is -2.40. The summed E-state index contributed by atoms with van der Waals surface area (Å²) in [5.41, 5.74) is 1.17. The molecule has 1 N–H and O–H groups in total. The predicted molar refractivity (Wildman–Crippen MR) is 114 cm³/mol. The van der Waals surface area contributed by atoms with E-state index < -0.39 is 15.6 Å². The number of pyridine rings is 1. The molecular weight excluding hydrogens is 420 g/mol. The molecule has 0 radical (unpaired) electrons. The fraction of sp³-hybridized carbons (Fsp3) is 0.333. The topological polar surface area (TPSA) is 124 Å². The SMILES string of the molecule is CCC1(CC)CC(=O)c2cc(-c3nc(-c4ccnc(NS(C)(=O)=O)c4)no3)ccc2O1. The van der Waals surface area contributed by atoms with Crippen molar-refractivity contribution >= 4 is 21.6 Å². The van der Waals surface area contributed by atoms with Crippen molar-refractivity contribution in [3.8, 4) is 28.6 Å². The van der Waals surface area contributed by atoms with Gasteiger partial charge in [-0.1, -0.05) is 19.0 Å². The standard InChI is InChI=1S/C21H22N4O5S/c1-4-21(5-2)12-16(26)15-10-14(6-7-17(15)29-21)20-23-19(24-30-20)13-8-9-22-18(11-13)25-31(3,27)28/h6-11H,4-5,12H2,1-3H3,(H,22,25). The number of benzene rings is 1. The van der Waals surface area contributed by atoms with E-state index in [-0.39, 0.29) is 23.3 Å². The first-order chi connectivity index (χ1) is 14.7. The normalized spacial score (nSPS) is 15.3. The van der Waals surface area contributed by atoms with Crippen LogP contribution in [-0.2, 0) is 10.0 Å². The van der Waals surface area contributed by atoms with E-state index in [2.05, 4.69) is 19.8 Å². The number of nitrogens with zero attached hydrogens (tertiary/aromatic N) is 3. The van der Waals surface area contributed by atoms with Crippen LogP contribution >= 0.6 is 0 Å². The predicted octanol–water partition coefficient (Wildman–Crippen LogP) is 3.69. The number of ketones is 1. The van der Waals surface area contributed by atoms with Gasteiger partial charge in [-0.2, -0.15) is 4.98 Å². The highest BCUT2D eigenvalue weighted by Gasteiger charge is 2.37. The number of aromatic nitrogens is 3. The monoisotopic (exact) mass is 442 g/mol. The molecule has 1 aromatic carbocycles. The van der Waals surface area contributed by atoms with Crippen molar-refractivity contribution < 1.29 is 22.5 Å². The highest BCUT2D eigenvalue weighted by atomic mass is 32.2. The van der Waals surface area contributed by atoms with Crippen LogP contribution in [0.4, 0.5) is 5.82 Å². The Hall–Kier alpha value is -3.27. The van der Waals surface area contributed by atoms with Crippen molar-refractivity contribution in [3.05, 3.63) is 42.1 Å². The Morgan fingerprint density at radius 1 is 1.13 bits per heavy atom. The molecule has 0 fully saturated rings. The maximum Gasteiger partial charge on any atom is 0.258 e.